The van der Waals surface area contributed by atoms with Crippen molar-refractivity contribution >= 4 is 0 Å². The van der Waals surface area contributed by atoms with E-state index in [0.29, 0.717) is 0 Å². The Hall–Kier alpha value is -0.560. The molecule has 0 heterocycles. The fourth-order valence-corrected chi connectivity index (χ4v) is 0.953. The predicted octanol–water partition coefficient (Wildman–Crippen LogP) is 2.85. The zero-order valence-electron chi connectivity index (χ0n) is 8.64. The van der Waals surface area contributed by atoms with E-state index in [0.717, 1.165) is 12.1 Å². The molecule has 0 aliphatic carbocycles. The molecule has 0 aliphatic rings. The maximum atomic E-state index is 3.81. The van der Waals surface area contributed by atoms with E-state index in [1.807, 2.05) is 6.92 Å². The fourth-order valence-electron chi connectivity index (χ4n) is 0.953. The second-order valence-corrected chi connectivity index (χ2v) is 3.36. The minimum Gasteiger partial charge on any atom is -0.303 e. The summed E-state index contributed by atoms with van der Waals surface area (Å²) in [6.07, 6.45) is 6.80. The molecule has 0 atom stereocenters. The highest BCUT2D eigenvalue weighted by Gasteiger charge is 1.92. The van der Waals surface area contributed by atoms with Gasteiger partial charge in [0.1, 0.15) is 0 Å². The van der Waals surface area contributed by atoms with E-state index in [-0.39, 0.29) is 0 Å². The molecule has 0 aromatic carbocycles. The molecule has 1 nitrogen and oxygen atoms in total. The number of hydrogen-bond acceptors (Lipinski definition) is 1. The number of nitrogens with zero attached hydrogens (tertiary/aromatic N) is 1. The smallest absolute Gasteiger partial charge is 0.0163 e. The van der Waals surface area contributed by atoms with E-state index in [1.165, 1.54) is 19.4 Å². The molecule has 0 N–H and O–H groups in total. The molecule has 0 rings (SSSR count). The summed E-state index contributed by atoms with van der Waals surface area (Å²) in [5, 5.41) is 0. The van der Waals surface area contributed by atoms with Gasteiger partial charge in [-0.1, -0.05) is 37.6 Å². The highest BCUT2D eigenvalue weighted by molar-refractivity contribution is 5.11. The molecule has 0 spiro atoms. The van der Waals surface area contributed by atoms with Gasteiger partial charge in [0.15, 0.2) is 0 Å². The zero-order valence-corrected chi connectivity index (χ0v) is 8.64. The first-order valence-corrected chi connectivity index (χ1v) is 4.67. The van der Waals surface area contributed by atoms with Gasteiger partial charge in [0.05, 0.1) is 0 Å². The van der Waals surface area contributed by atoms with Crippen molar-refractivity contribution in [3.8, 4) is 0 Å². The van der Waals surface area contributed by atoms with Crippen LogP contribution in [0.5, 0.6) is 0 Å². The minimum atomic E-state index is 1.03. The molecule has 70 valence electrons. The van der Waals surface area contributed by atoms with Crippen LogP contribution in [0.1, 0.15) is 26.7 Å². The summed E-state index contributed by atoms with van der Waals surface area (Å²) in [5.74, 6) is 0. The Morgan fingerprint density at radius 1 is 1.50 bits per heavy atom. The average molecular weight is 167 g/mol. The van der Waals surface area contributed by atoms with Crippen LogP contribution in [0.15, 0.2) is 24.3 Å². The van der Waals surface area contributed by atoms with Crippen LogP contribution in [-0.2, 0) is 0 Å². The lowest BCUT2D eigenvalue weighted by molar-refractivity contribution is 0.362. The second kappa shape index (κ2) is 7.11. The monoisotopic (exact) mass is 167 g/mol. The number of hydrogen-bond donors (Lipinski definition) is 0. The molecule has 1 heteroatoms. The van der Waals surface area contributed by atoms with Crippen LogP contribution >= 0.6 is 0 Å². The van der Waals surface area contributed by atoms with E-state index >= 15 is 0 Å². The highest BCUT2D eigenvalue weighted by Crippen LogP contribution is 1.93. The van der Waals surface area contributed by atoms with Crippen LogP contribution in [0.3, 0.4) is 0 Å². The number of rotatable bonds is 6. The Kier molecular flexibility index (Phi) is 6.78. The molecule has 0 aromatic heterocycles. The largest absolute Gasteiger partial charge is 0.303 e. The molecular formula is C11H21N. The fraction of sp³-hybridized carbons (Fsp3) is 0.636. The summed E-state index contributed by atoms with van der Waals surface area (Å²) < 4.78 is 0. The first-order valence-electron chi connectivity index (χ1n) is 4.67. The van der Waals surface area contributed by atoms with Gasteiger partial charge in [-0.05, 0) is 26.9 Å². The van der Waals surface area contributed by atoms with E-state index in [9.17, 15) is 0 Å². The van der Waals surface area contributed by atoms with Gasteiger partial charge in [-0.15, -0.1) is 0 Å². The summed E-state index contributed by atoms with van der Waals surface area (Å²) in [6, 6.07) is 0. The van der Waals surface area contributed by atoms with Crippen molar-refractivity contribution < 1.29 is 0 Å². The lowest BCUT2D eigenvalue weighted by Crippen LogP contribution is -2.19. The Balaban J connectivity index is 3.42. The molecule has 0 aliphatic heterocycles. The lowest BCUT2D eigenvalue weighted by Gasteiger charge is -2.12. The molecule has 0 bridgehead atoms. The first kappa shape index (κ1) is 11.4. The Bertz CT molecular complexity index is 147. The third-order valence-corrected chi connectivity index (χ3v) is 1.71. The first-order chi connectivity index (χ1) is 5.66. The second-order valence-electron chi connectivity index (χ2n) is 3.36. The molecule has 0 amide bonds. The van der Waals surface area contributed by atoms with Gasteiger partial charge in [-0.25, -0.2) is 0 Å². The van der Waals surface area contributed by atoms with Gasteiger partial charge in [-0.2, -0.15) is 0 Å². The molecule has 0 aromatic rings. The Morgan fingerprint density at radius 3 is 2.67 bits per heavy atom. The third-order valence-electron chi connectivity index (χ3n) is 1.71. The van der Waals surface area contributed by atoms with E-state index in [2.05, 4.69) is 37.6 Å². The molecule has 0 unspecified atom stereocenters. The van der Waals surface area contributed by atoms with Crippen molar-refractivity contribution in [2.45, 2.75) is 26.7 Å². The van der Waals surface area contributed by atoms with E-state index < -0.39 is 0 Å². The number of allylic oxidation sites excluding steroid dienone is 2. The Labute approximate surface area is 76.8 Å². The van der Waals surface area contributed by atoms with Crippen LogP contribution < -0.4 is 0 Å². The lowest BCUT2D eigenvalue weighted by atomic mass is 10.3. The molecular weight excluding hydrogens is 146 g/mol. The van der Waals surface area contributed by atoms with Gasteiger partial charge in [0, 0.05) is 6.54 Å². The van der Waals surface area contributed by atoms with Gasteiger partial charge < -0.3 is 4.90 Å². The number of likely N-dealkylation sites (N-methyl/N-ethyl adjacent to an activating group) is 1. The summed E-state index contributed by atoms with van der Waals surface area (Å²) in [6.45, 7) is 10.3. The summed E-state index contributed by atoms with van der Waals surface area (Å²) in [5.41, 5.74) is 1.12. The van der Waals surface area contributed by atoms with Crippen molar-refractivity contribution in [2.75, 3.05) is 20.1 Å². The third kappa shape index (κ3) is 7.55. The topological polar surface area (TPSA) is 3.24 Å². The summed E-state index contributed by atoms with van der Waals surface area (Å²) >= 11 is 0. The van der Waals surface area contributed by atoms with Gasteiger partial charge in [-0.3, -0.25) is 0 Å². The van der Waals surface area contributed by atoms with Crippen molar-refractivity contribution in [2.24, 2.45) is 0 Å². The maximum absolute atomic E-state index is 3.81. The van der Waals surface area contributed by atoms with Gasteiger partial charge in [0.25, 0.3) is 0 Å². The molecule has 12 heavy (non-hydrogen) atoms. The molecule has 0 radical (unpaired) electrons. The standard InChI is InChI=1S/C11H21N/c1-5-6-9-12(4)10-7-8-11(2)3/h7-8H,2,5-6,9-10H2,1,3-4H3/b8-7+. The summed E-state index contributed by atoms with van der Waals surface area (Å²) in [4.78, 5) is 2.32. The van der Waals surface area contributed by atoms with E-state index in [1.54, 1.807) is 0 Å². The molecule has 0 fully saturated rings. The molecule has 0 saturated heterocycles. The van der Waals surface area contributed by atoms with Crippen molar-refractivity contribution in [1.29, 1.82) is 0 Å². The normalized spacial score (nSPS) is 11.3. The maximum Gasteiger partial charge on any atom is 0.0163 e. The van der Waals surface area contributed by atoms with Crippen molar-refractivity contribution in [1.82, 2.24) is 4.90 Å². The van der Waals surface area contributed by atoms with Crippen LogP contribution in [0.25, 0.3) is 0 Å². The van der Waals surface area contributed by atoms with Crippen LogP contribution in [0.2, 0.25) is 0 Å². The van der Waals surface area contributed by atoms with Gasteiger partial charge in [0.2, 0.25) is 0 Å². The highest BCUT2D eigenvalue weighted by atomic mass is 15.1. The van der Waals surface area contributed by atoms with Crippen molar-refractivity contribution in [3.05, 3.63) is 24.3 Å². The molecule has 0 saturated carbocycles. The summed E-state index contributed by atoms with van der Waals surface area (Å²) in [7, 11) is 2.15. The predicted molar refractivity (Wildman–Crippen MR) is 56.4 cm³/mol. The van der Waals surface area contributed by atoms with Crippen LogP contribution in [-0.4, -0.2) is 25.0 Å². The quantitative estimate of drug-likeness (QED) is 0.550. The van der Waals surface area contributed by atoms with E-state index in [4.69, 9.17) is 0 Å². The Morgan fingerprint density at radius 2 is 2.17 bits per heavy atom. The SMILES string of the molecule is C=C(C)/C=C/CN(C)CCCC. The minimum absolute atomic E-state index is 1.03. The average Bonchev–Trinajstić information content (AvgIpc) is 2.00. The van der Waals surface area contributed by atoms with Crippen molar-refractivity contribution in [3.63, 3.8) is 0 Å². The number of unbranched alkanes of at least 4 members (excludes halogenated alkanes) is 1. The van der Waals surface area contributed by atoms with Gasteiger partial charge >= 0.3 is 0 Å². The van der Waals surface area contributed by atoms with Crippen LogP contribution in [0.4, 0.5) is 0 Å². The van der Waals surface area contributed by atoms with Crippen LogP contribution in [0, 0.1) is 0 Å². The zero-order chi connectivity index (χ0) is 9.40.